The molecule has 6 heteroatoms. The molecule has 0 aliphatic heterocycles. The maximum atomic E-state index is 11.8. The molecule has 1 amide bonds. The zero-order valence-corrected chi connectivity index (χ0v) is 11.4. The lowest BCUT2D eigenvalue weighted by molar-refractivity contribution is 0.0952. The summed E-state index contributed by atoms with van der Waals surface area (Å²) in [6.45, 7) is 4.53. The molecule has 1 aromatic rings. The molecule has 18 heavy (non-hydrogen) atoms. The van der Waals surface area contributed by atoms with Gasteiger partial charge in [0, 0.05) is 12.3 Å². The Bertz CT molecular complexity index is 447. The summed E-state index contributed by atoms with van der Waals surface area (Å²) in [5, 5.41) is 9.51. The molecular weight excluding hydrogens is 248 g/mol. The quantitative estimate of drug-likeness (QED) is 0.534. The number of thioether (sulfide) groups is 1. The molecule has 0 saturated heterocycles. The smallest absolute Gasteiger partial charge is 0.273 e. The van der Waals surface area contributed by atoms with Gasteiger partial charge in [-0.2, -0.15) is 5.10 Å². The normalized spacial score (nSPS) is 10.3. The van der Waals surface area contributed by atoms with Gasteiger partial charge in [0.25, 0.3) is 5.91 Å². The SMILES string of the molecule is C#CCSCCNC(=O)c1n[nH]c(C(C)C)c1N. The molecule has 1 aromatic heterocycles. The van der Waals surface area contributed by atoms with Crippen molar-refractivity contribution < 1.29 is 4.79 Å². The first-order valence-electron chi connectivity index (χ1n) is 5.71. The number of anilines is 1. The van der Waals surface area contributed by atoms with Crippen LogP contribution in [0.2, 0.25) is 0 Å². The third-order valence-corrected chi connectivity index (χ3v) is 3.21. The van der Waals surface area contributed by atoms with E-state index in [-0.39, 0.29) is 17.5 Å². The lowest BCUT2D eigenvalue weighted by Gasteiger charge is -2.04. The first-order chi connectivity index (χ1) is 8.57. The molecule has 0 aliphatic rings. The third-order valence-electron chi connectivity index (χ3n) is 2.34. The van der Waals surface area contributed by atoms with Crippen LogP contribution in [-0.2, 0) is 0 Å². The number of nitrogen functional groups attached to an aromatic ring is 1. The maximum absolute atomic E-state index is 11.8. The molecule has 0 unspecified atom stereocenters. The van der Waals surface area contributed by atoms with Gasteiger partial charge in [0.1, 0.15) is 0 Å². The van der Waals surface area contributed by atoms with Gasteiger partial charge in [-0.3, -0.25) is 9.89 Å². The summed E-state index contributed by atoms with van der Waals surface area (Å²) in [7, 11) is 0. The van der Waals surface area contributed by atoms with Crippen molar-refractivity contribution in [1.29, 1.82) is 0 Å². The topological polar surface area (TPSA) is 83.8 Å². The fourth-order valence-electron chi connectivity index (χ4n) is 1.43. The molecule has 0 spiro atoms. The molecule has 1 rings (SSSR count). The maximum Gasteiger partial charge on any atom is 0.273 e. The zero-order valence-electron chi connectivity index (χ0n) is 10.6. The second-order valence-corrected chi connectivity index (χ2v) is 5.17. The summed E-state index contributed by atoms with van der Waals surface area (Å²) in [4.78, 5) is 11.8. The number of aromatic amines is 1. The van der Waals surface area contributed by atoms with Gasteiger partial charge in [-0.1, -0.05) is 19.8 Å². The van der Waals surface area contributed by atoms with E-state index < -0.39 is 0 Å². The van der Waals surface area contributed by atoms with Gasteiger partial charge in [-0.25, -0.2) is 0 Å². The Kier molecular flexibility index (Phi) is 5.59. The number of terminal acetylenes is 1. The van der Waals surface area contributed by atoms with Gasteiger partial charge in [0.05, 0.1) is 17.1 Å². The minimum Gasteiger partial charge on any atom is -0.395 e. The van der Waals surface area contributed by atoms with E-state index in [9.17, 15) is 4.79 Å². The number of hydrogen-bond acceptors (Lipinski definition) is 4. The molecule has 0 aromatic carbocycles. The number of carbonyl (C=O) groups excluding carboxylic acids is 1. The van der Waals surface area contributed by atoms with Crippen molar-refractivity contribution in [3.63, 3.8) is 0 Å². The summed E-state index contributed by atoms with van der Waals surface area (Å²) in [6, 6.07) is 0. The van der Waals surface area contributed by atoms with Crippen LogP contribution in [-0.4, -0.2) is 34.2 Å². The highest BCUT2D eigenvalue weighted by molar-refractivity contribution is 7.99. The number of H-pyrrole nitrogens is 1. The second-order valence-electron chi connectivity index (χ2n) is 4.07. The van der Waals surface area contributed by atoms with Gasteiger partial charge in [-0.15, -0.1) is 18.2 Å². The minimum atomic E-state index is -0.253. The van der Waals surface area contributed by atoms with Crippen molar-refractivity contribution in [2.24, 2.45) is 0 Å². The van der Waals surface area contributed by atoms with Crippen molar-refractivity contribution in [2.75, 3.05) is 23.8 Å². The van der Waals surface area contributed by atoms with Gasteiger partial charge < -0.3 is 11.1 Å². The van der Waals surface area contributed by atoms with E-state index in [4.69, 9.17) is 12.2 Å². The Hall–Kier alpha value is -1.61. The number of nitrogens with two attached hydrogens (primary N) is 1. The summed E-state index contributed by atoms with van der Waals surface area (Å²) in [5.41, 5.74) is 7.36. The fraction of sp³-hybridized carbons (Fsp3) is 0.500. The number of hydrogen-bond donors (Lipinski definition) is 3. The fourth-order valence-corrected chi connectivity index (χ4v) is 1.94. The zero-order chi connectivity index (χ0) is 13.5. The predicted molar refractivity (Wildman–Crippen MR) is 75.6 cm³/mol. The summed E-state index contributed by atoms with van der Waals surface area (Å²) >= 11 is 1.59. The van der Waals surface area contributed by atoms with E-state index in [2.05, 4.69) is 21.4 Å². The molecule has 5 nitrogen and oxygen atoms in total. The number of carbonyl (C=O) groups is 1. The monoisotopic (exact) mass is 266 g/mol. The standard InChI is InChI=1S/C12H18N4OS/c1-4-6-18-7-5-14-12(17)11-9(13)10(8(2)3)15-16-11/h1,8H,5-7,13H2,2-3H3,(H,14,17)(H,15,16). The van der Waals surface area contributed by atoms with Crippen molar-refractivity contribution >= 4 is 23.4 Å². The Labute approximate surface area is 111 Å². The van der Waals surface area contributed by atoms with Crippen LogP contribution < -0.4 is 11.1 Å². The van der Waals surface area contributed by atoms with Gasteiger partial charge in [-0.05, 0) is 5.92 Å². The van der Waals surface area contributed by atoms with Crippen molar-refractivity contribution in [3.05, 3.63) is 11.4 Å². The highest BCUT2D eigenvalue weighted by Crippen LogP contribution is 2.21. The van der Waals surface area contributed by atoms with Gasteiger partial charge in [0.2, 0.25) is 0 Å². The van der Waals surface area contributed by atoms with E-state index in [1.165, 1.54) is 0 Å². The summed E-state index contributed by atoms with van der Waals surface area (Å²) < 4.78 is 0. The molecule has 0 saturated carbocycles. The highest BCUT2D eigenvalue weighted by Gasteiger charge is 2.18. The van der Waals surface area contributed by atoms with E-state index in [1.807, 2.05) is 13.8 Å². The average Bonchev–Trinajstić information content (AvgIpc) is 2.70. The molecule has 0 fully saturated rings. The lowest BCUT2D eigenvalue weighted by atomic mass is 10.1. The highest BCUT2D eigenvalue weighted by atomic mass is 32.2. The molecule has 0 radical (unpaired) electrons. The van der Waals surface area contributed by atoms with E-state index >= 15 is 0 Å². The number of rotatable bonds is 6. The van der Waals surface area contributed by atoms with Crippen LogP contribution in [0.25, 0.3) is 0 Å². The third kappa shape index (κ3) is 3.70. The van der Waals surface area contributed by atoms with Crippen molar-refractivity contribution in [3.8, 4) is 12.3 Å². The van der Waals surface area contributed by atoms with Gasteiger partial charge >= 0.3 is 0 Å². The van der Waals surface area contributed by atoms with Crippen molar-refractivity contribution in [2.45, 2.75) is 19.8 Å². The predicted octanol–water partition coefficient (Wildman–Crippen LogP) is 1.21. The van der Waals surface area contributed by atoms with Crippen LogP contribution in [0.3, 0.4) is 0 Å². The van der Waals surface area contributed by atoms with Crippen LogP contribution >= 0.6 is 11.8 Å². The average molecular weight is 266 g/mol. The molecule has 4 N–H and O–H groups in total. The Morgan fingerprint density at radius 3 is 2.94 bits per heavy atom. The summed E-state index contributed by atoms with van der Waals surface area (Å²) in [5.74, 6) is 3.91. The Balaban J connectivity index is 2.50. The Morgan fingerprint density at radius 1 is 1.67 bits per heavy atom. The molecule has 0 atom stereocenters. The number of nitrogens with zero attached hydrogens (tertiary/aromatic N) is 1. The molecule has 0 aliphatic carbocycles. The van der Waals surface area contributed by atoms with Crippen LogP contribution in [0.5, 0.6) is 0 Å². The molecule has 1 heterocycles. The number of amides is 1. The number of aromatic nitrogens is 2. The van der Waals surface area contributed by atoms with Gasteiger partial charge in [0.15, 0.2) is 5.69 Å². The Morgan fingerprint density at radius 2 is 2.39 bits per heavy atom. The molecule has 98 valence electrons. The minimum absolute atomic E-state index is 0.213. The van der Waals surface area contributed by atoms with Crippen LogP contribution in [0, 0.1) is 12.3 Å². The van der Waals surface area contributed by atoms with Crippen LogP contribution in [0.1, 0.15) is 35.9 Å². The molecule has 0 bridgehead atoms. The van der Waals surface area contributed by atoms with Crippen molar-refractivity contribution in [1.82, 2.24) is 15.5 Å². The van der Waals surface area contributed by atoms with Crippen LogP contribution in [0.4, 0.5) is 5.69 Å². The first-order valence-corrected chi connectivity index (χ1v) is 6.86. The number of nitrogens with one attached hydrogen (secondary N) is 2. The van der Waals surface area contributed by atoms with E-state index in [1.54, 1.807) is 11.8 Å². The summed E-state index contributed by atoms with van der Waals surface area (Å²) in [6.07, 6.45) is 5.12. The molecular formula is C12H18N4OS. The first kappa shape index (κ1) is 14.5. The van der Waals surface area contributed by atoms with E-state index in [0.717, 1.165) is 11.4 Å². The van der Waals surface area contributed by atoms with Crippen LogP contribution in [0.15, 0.2) is 0 Å². The second kappa shape index (κ2) is 6.97. The largest absolute Gasteiger partial charge is 0.395 e. The van der Waals surface area contributed by atoms with E-state index in [0.29, 0.717) is 18.0 Å². The lowest BCUT2D eigenvalue weighted by Crippen LogP contribution is -2.26.